The van der Waals surface area contributed by atoms with E-state index in [0.29, 0.717) is 48.7 Å². The van der Waals surface area contributed by atoms with E-state index < -0.39 is 10.0 Å². The Labute approximate surface area is 155 Å². The third-order valence-corrected chi connectivity index (χ3v) is 6.65. The summed E-state index contributed by atoms with van der Waals surface area (Å²) in [5.41, 5.74) is 1.97. The Hall–Kier alpha value is -1.58. The van der Waals surface area contributed by atoms with E-state index in [4.69, 9.17) is 4.42 Å². The second-order valence-electron chi connectivity index (χ2n) is 5.82. The van der Waals surface area contributed by atoms with Gasteiger partial charge in [-0.3, -0.25) is 4.79 Å². The summed E-state index contributed by atoms with van der Waals surface area (Å²) in [7, 11) is -3.21. The first kappa shape index (κ1) is 18.2. The Bertz CT molecular complexity index is 907. The highest BCUT2D eigenvalue weighted by molar-refractivity contribution is 9.10. The first-order valence-corrected chi connectivity index (χ1v) is 10.4. The molecule has 0 spiro atoms. The van der Waals surface area contributed by atoms with Crippen molar-refractivity contribution < 1.29 is 17.6 Å². The van der Waals surface area contributed by atoms with Crippen LogP contribution in [0, 0.1) is 0 Å². The lowest BCUT2D eigenvalue weighted by atomic mass is 10.3. The van der Waals surface area contributed by atoms with Crippen LogP contribution < -0.4 is 0 Å². The number of rotatable bonds is 5. The molecule has 0 bridgehead atoms. The molecule has 0 saturated carbocycles. The van der Waals surface area contributed by atoms with Gasteiger partial charge >= 0.3 is 0 Å². The predicted octanol–water partition coefficient (Wildman–Crippen LogP) is 2.29. The summed E-state index contributed by atoms with van der Waals surface area (Å²) < 4.78 is 33.3. The van der Waals surface area contributed by atoms with Crippen molar-refractivity contribution in [2.24, 2.45) is 0 Å². The fourth-order valence-corrected chi connectivity index (χ4v) is 4.50. The Kier molecular flexibility index (Phi) is 5.08. The molecule has 1 aliphatic rings. The van der Waals surface area contributed by atoms with Gasteiger partial charge in [-0.05, 0) is 22.9 Å². The third kappa shape index (κ3) is 3.40. The fraction of sp³-hybridized carbons (Fsp3) is 0.438. The molecule has 1 saturated heterocycles. The maximum atomic E-state index is 12.9. The molecule has 1 aliphatic heterocycles. The number of carbonyl (C=O) groups excluding carboxylic acids is 1. The van der Waals surface area contributed by atoms with E-state index in [1.807, 2.05) is 10.6 Å². The van der Waals surface area contributed by atoms with E-state index in [1.165, 1.54) is 4.31 Å². The minimum absolute atomic E-state index is 0.0778. The first-order chi connectivity index (χ1) is 11.9. The molecular formula is C16H20BrN3O4S. The van der Waals surface area contributed by atoms with Crippen LogP contribution >= 0.6 is 15.9 Å². The topological polar surface area (TPSA) is 75.8 Å². The van der Waals surface area contributed by atoms with Gasteiger partial charge in [0, 0.05) is 44.9 Å². The first-order valence-electron chi connectivity index (χ1n) is 8.04. The van der Waals surface area contributed by atoms with Crippen molar-refractivity contribution in [3.8, 4) is 0 Å². The van der Waals surface area contributed by atoms with Crippen molar-refractivity contribution >= 4 is 43.0 Å². The summed E-state index contributed by atoms with van der Waals surface area (Å²) in [5, 5.41) is 0. The molecule has 2 aromatic rings. The standard InChI is InChI=1S/C16H20BrN3O4S/c1-3-5-20-12-11-15(17)24-14(12)10-13(20)16(21)18-6-8-19(9-7-18)25(22,23)4-2/h3,10-11H,1,4-9H2,2H3. The summed E-state index contributed by atoms with van der Waals surface area (Å²) in [6.07, 6.45) is 1.73. The molecule has 7 nitrogen and oxygen atoms in total. The quantitative estimate of drug-likeness (QED) is 0.683. The number of aromatic nitrogens is 1. The lowest BCUT2D eigenvalue weighted by Crippen LogP contribution is -2.51. The van der Waals surface area contributed by atoms with Gasteiger partial charge in [0.25, 0.3) is 5.91 Å². The van der Waals surface area contributed by atoms with Crippen LogP contribution in [0.15, 0.2) is 33.9 Å². The number of carbonyl (C=O) groups is 1. The number of allylic oxidation sites excluding steroid dienone is 1. The zero-order valence-electron chi connectivity index (χ0n) is 13.9. The molecule has 3 rings (SSSR count). The van der Waals surface area contributed by atoms with Gasteiger partial charge in [0.15, 0.2) is 10.3 Å². The monoisotopic (exact) mass is 429 g/mol. The van der Waals surface area contributed by atoms with Crippen LogP contribution in [0.3, 0.4) is 0 Å². The fourth-order valence-electron chi connectivity index (χ4n) is 3.03. The summed E-state index contributed by atoms with van der Waals surface area (Å²) in [5.74, 6) is -0.0491. The predicted molar refractivity (Wildman–Crippen MR) is 99.0 cm³/mol. The molecule has 0 N–H and O–H groups in total. The number of amides is 1. The Morgan fingerprint density at radius 3 is 2.60 bits per heavy atom. The van der Waals surface area contributed by atoms with E-state index in [1.54, 1.807) is 24.0 Å². The summed E-state index contributed by atoms with van der Waals surface area (Å²) in [6, 6.07) is 3.54. The molecule has 0 unspecified atom stereocenters. The van der Waals surface area contributed by atoms with Crippen molar-refractivity contribution in [3.05, 3.63) is 35.2 Å². The molecular weight excluding hydrogens is 410 g/mol. The van der Waals surface area contributed by atoms with Crippen LogP contribution in [0.25, 0.3) is 11.1 Å². The number of hydrogen-bond donors (Lipinski definition) is 0. The van der Waals surface area contributed by atoms with Gasteiger partial charge in [-0.15, -0.1) is 6.58 Å². The Balaban J connectivity index is 1.82. The number of fused-ring (bicyclic) bond motifs is 1. The maximum absolute atomic E-state index is 12.9. The molecule has 0 radical (unpaired) electrons. The molecule has 25 heavy (non-hydrogen) atoms. The van der Waals surface area contributed by atoms with Crippen LogP contribution in [0.2, 0.25) is 0 Å². The molecule has 136 valence electrons. The third-order valence-electron chi connectivity index (χ3n) is 4.37. The lowest BCUT2D eigenvalue weighted by molar-refractivity contribution is 0.0688. The van der Waals surface area contributed by atoms with Crippen LogP contribution in [0.1, 0.15) is 17.4 Å². The zero-order chi connectivity index (χ0) is 18.2. The number of halogens is 1. The zero-order valence-corrected chi connectivity index (χ0v) is 16.3. The minimum Gasteiger partial charge on any atom is -0.448 e. The van der Waals surface area contributed by atoms with Crippen LogP contribution in [-0.4, -0.2) is 60.0 Å². The number of nitrogens with zero attached hydrogens (tertiary/aromatic N) is 3. The molecule has 3 heterocycles. The van der Waals surface area contributed by atoms with E-state index in [-0.39, 0.29) is 11.7 Å². The van der Waals surface area contributed by atoms with Crippen LogP contribution in [0.5, 0.6) is 0 Å². The number of sulfonamides is 1. The van der Waals surface area contributed by atoms with Gasteiger partial charge in [-0.1, -0.05) is 6.08 Å². The summed E-state index contributed by atoms with van der Waals surface area (Å²) >= 11 is 3.30. The van der Waals surface area contributed by atoms with Gasteiger partial charge in [0.05, 0.1) is 11.3 Å². The number of hydrogen-bond acceptors (Lipinski definition) is 4. The van der Waals surface area contributed by atoms with Crippen LogP contribution in [-0.2, 0) is 16.6 Å². The lowest BCUT2D eigenvalue weighted by Gasteiger charge is -2.33. The molecule has 0 atom stereocenters. The van der Waals surface area contributed by atoms with E-state index in [0.717, 1.165) is 5.52 Å². The minimum atomic E-state index is -3.21. The van der Waals surface area contributed by atoms with Gasteiger partial charge < -0.3 is 13.9 Å². The highest BCUT2D eigenvalue weighted by Crippen LogP contribution is 2.28. The van der Waals surface area contributed by atoms with E-state index in [9.17, 15) is 13.2 Å². The van der Waals surface area contributed by atoms with Gasteiger partial charge in [0.2, 0.25) is 10.0 Å². The maximum Gasteiger partial charge on any atom is 0.270 e. The summed E-state index contributed by atoms with van der Waals surface area (Å²) in [6.45, 7) is 7.27. The molecule has 1 fully saturated rings. The smallest absolute Gasteiger partial charge is 0.270 e. The van der Waals surface area contributed by atoms with Crippen molar-refractivity contribution in [2.45, 2.75) is 13.5 Å². The highest BCUT2D eigenvalue weighted by atomic mass is 79.9. The molecule has 0 aliphatic carbocycles. The second kappa shape index (κ2) is 6.97. The molecule has 9 heteroatoms. The van der Waals surface area contributed by atoms with Gasteiger partial charge in [-0.2, -0.15) is 4.31 Å². The highest BCUT2D eigenvalue weighted by Gasteiger charge is 2.30. The SMILES string of the molecule is C=CCn1c(C(=O)N2CCN(S(=O)(=O)CC)CC2)cc2oc(Br)cc21. The Morgan fingerprint density at radius 2 is 2.00 bits per heavy atom. The van der Waals surface area contributed by atoms with Crippen molar-refractivity contribution in [2.75, 3.05) is 31.9 Å². The average Bonchev–Trinajstić information content (AvgIpc) is 3.12. The molecule has 2 aromatic heterocycles. The number of piperazine rings is 1. The Morgan fingerprint density at radius 1 is 1.32 bits per heavy atom. The summed E-state index contributed by atoms with van der Waals surface area (Å²) in [4.78, 5) is 14.6. The molecule has 0 aromatic carbocycles. The van der Waals surface area contributed by atoms with Gasteiger partial charge in [0.1, 0.15) is 5.69 Å². The van der Waals surface area contributed by atoms with E-state index >= 15 is 0 Å². The normalized spacial score (nSPS) is 16.5. The molecule has 1 amide bonds. The van der Waals surface area contributed by atoms with Gasteiger partial charge in [-0.25, -0.2) is 8.42 Å². The van der Waals surface area contributed by atoms with Crippen molar-refractivity contribution in [1.82, 2.24) is 13.8 Å². The van der Waals surface area contributed by atoms with Crippen molar-refractivity contribution in [3.63, 3.8) is 0 Å². The average molecular weight is 430 g/mol. The number of furan rings is 1. The van der Waals surface area contributed by atoms with Crippen LogP contribution in [0.4, 0.5) is 0 Å². The second-order valence-corrected chi connectivity index (χ2v) is 8.86. The van der Waals surface area contributed by atoms with E-state index in [2.05, 4.69) is 22.5 Å². The van der Waals surface area contributed by atoms with Crippen molar-refractivity contribution in [1.29, 1.82) is 0 Å². The largest absolute Gasteiger partial charge is 0.448 e.